The van der Waals surface area contributed by atoms with E-state index in [9.17, 15) is 4.79 Å². The van der Waals surface area contributed by atoms with Crippen LogP contribution in [0, 0.1) is 16.7 Å². The van der Waals surface area contributed by atoms with Crippen LogP contribution in [0.1, 0.15) is 10.4 Å². The Kier molecular flexibility index (Phi) is 3.05. The van der Waals surface area contributed by atoms with E-state index in [1.54, 1.807) is 12.1 Å². The zero-order valence-electron chi connectivity index (χ0n) is 9.20. The van der Waals surface area contributed by atoms with Gasteiger partial charge in [-0.25, -0.2) is 0 Å². The van der Waals surface area contributed by atoms with Crippen LogP contribution >= 0.6 is 11.6 Å². The van der Waals surface area contributed by atoms with Crippen molar-refractivity contribution in [3.63, 3.8) is 0 Å². The molecule has 0 bridgehead atoms. The SMILES string of the molecule is COc1ccc(C(=O)C2(C#N)COC2)cc1Cl. The van der Waals surface area contributed by atoms with Gasteiger partial charge in [0, 0.05) is 5.56 Å². The van der Waals surface area contributed by atoms with E-state index in [1.165, 1.54) is 13.2 Å². The smallest absolute Gasteiger partial charge is 0.187 e. The highest BCUT2D eigenvalue weighted by atomic mass is 35.5. The van der Waals surface area contributed by atoms with E-state index in [1.807, 2.05) is 6.07 Å². The maximum Gasteiger partial charge on any atom is 0.187 e. The van der Waals surface area contributed by atoms with E-state index in [2.05, 4.69) is 0 Å². The molecule has 1 aliphatic heterocycles. The van der Waals surface area contributed by atoms with Gasteiger partial charge in [0.25, 0.3) is 0 Å². The number of nitrogens with zero attached hydrogens (tertiary/aromatic N) is 1. The van der Waals surface area contributed by atoms with Gasteiger partial charge >= 0.3 is 0 Å². The second kappa shape index (κ2) is 4.36. The summed E-state index contributed by atoms with van der Waals surface area (Å²) >= 11 is 5.94. The number of halogens is 1. The maximum absolute atomic E-state index is 12.1. The number of nitriles is 1. The molecule has 0 N–H and O–H groups in total. The predicted octanol–water partition coefficient (Wildman–Crippen LogP) is 2.07. The number of rotatable bonds is 3. The van der Waals surface area contributed by atoms with Crippen molar-refractivity contribution in [1.82, 2.24) is 0 Å². The van der Waals surface area contributed by atoms with Gasteiger partial charge in [0.2, 0.25) is 0 Å². The normalized spacial score (nSPS) is 16.8. The molecule has 5 heteroatoms. The minimum Gasteiger partial charge on any atom is -0.495 e. The third kappa shape index (κ3) is 1.88. The molecule has 2 rings (SSSR count). The van der Waals surface area contributed by atoms with Gasteiger partial charge in [-0.15, -0.1) is 0 Å². The van der Waals surface area contributed by atoms with Crippen molar-refractivity contribution < 1.29 is 14.3 Å². The summed E-state index contributed by atoms with van der Waals surface area (Å²) in [4.78, 5) is 12.1. The summed E-state index contributed by atoms with van der Waals surface area (Å²) in [7, 11) is 1.50. The van der Waals surface area contributed by atoms with Crippen LogP contribution in [0.15, 0.2) is 18.2 Å². The van der Waals surface area contributed by atoms with Crippen molar-refractivity contribution in [2.24, 2.45) is 5.41 Å². The molecular weight excluding hydrogens is 242 g/mol. The van der Waals surface area contributed by atoms with E-state index in [-0.39, 0.29) is 19.0 Å². The quantitative estimate of drug-likeness (QED) is 0.772. The number of hydrogen-bond acceptors (Lipinski definition) is 4. The molecule has 1 aromatic rings. The van der Waals surface area contributed by atoms with Gasteiger partial charge in [-0.1, -0.05) is 11.6 Å². The van der Waals surface area contributed by atoms with Gasteiger partial charge in [0.15, 0.2) is 11.2 Å². The Labute approximate surface area is 104 Å². The van der Waals surface area contributed by atoms with Gasteiger partial charge in [-0.05, 0) is 18.2 Å². The summed E-state index contributed by atoms with van der Waals surface area (Å²) in [6.07, 6.45) is 0. The Morgan fingerprint density at radius 1 is 1.59 bits per heavy atom. The Balaban J connectivity index is 2.32. The Morgan fingerprint density at radius 3 is 2.71 bits per heavy atom. The number of Topliss-reactive ketones (excluding diaryl/α,β-unsaturated/α-hetero) is 1. The molecule has 0 saturated carbocycles. The van der Waals surface area contributed by atoms with Gasteiger partial charge in [-0.2, -0.15) is 5.26 Å². The first-order valence-corrected chi connectivity index (χ1v) is 5.38. The minimum absolute atomic E-state index is 0.145. The van der Waals surface area contributed by atoms with Crippen molar-refractivity contribution in [3.8, 4) is 11.8 Å². The molecule has 0 atom stereocenters. The lowest BCUT2D eigenvalue weighted by atomic mass is 9.80. The molecule has 1 aromatic carbocycles. The zero-order valence-corrected chi connectivity index (χ0v) is 9.95. The topological polar surface area (TPSA) is 59.3 Å². The largest absolute Gasteiger partial charge is 0.495 e. The first-order valence-electron chi connectivity index (χ1n) is 5.00. The number of ether oxygens (including phenoxy) is 2. The molecule has 0 radical (unpaired) electrons. The molecule has 17 heavy (non-hydrogen) atoms. The Morgan fingerprint density at radius 2 is 2.29 bits per heavy atom. The number of methoxy groups -OCH3 is 1. The molecule has 1 saturated heterocycles. The molecule has 1 fully saturated rings. The predicted molar refractivity (Wildman–Crippen MR) is 61.2 cm³/mol. The number of carbonyl (C=O) groups is 1. The highest BCUT2D eigenvalue weighted by Gasteiger charge is 2.46. The van der Waals surface area contributed by atoms with Crippen molar-refractivity contribution in [1.29, 1.82) is 5.26 Å². The molecule has 1 heterocycles. The molecular formula is C12H10ClNO3. The standard InChI is InChI=1S/C12H10ClNO3/c1-16-10-3-2-8(4-9(10)13)11(15)12(5-14)6-17-7-12/h2-4H,6-7H2,1H3. The molecule has 4 nitrogen and oxygen atoms in total. The van der Waals surface area contributed by atoms with Crippen LogP contribution in [0.25, 0.3) is 0 Å². The molecule has 0 amide bonds. The summed E-state index contributed by atoms with van der Waals surface area (Å²) in [6.45, 7) is 0.290. The first-order chi connectivity index (χ1) is 8.13. The average molecular weight is 252 g/mol. The molecule has 88 valence electrons. The fraction of sp³-hybridized carbons (Fsp3) is 0.333. The second-order valence-electron chi connectivity index (χ2n) is 3.87. The fourth-order valence-corrected chi connectivity index (χ4v) is 1.89. The summed E-state index contributed by atoms with van der Waals surface area (Å²) in [5.74, 6) is 0.245. The van der Waals surface area contributed by atoms with Crippen molar-refractivity contribution in [2.45, 2.75) is 0 Å². The number of hydrogen-bond donors (Lipinski definition) is 0. The van der Waals surface area contributed by atoms with Gasteiger partial charge in [-0.3, -0.25) is 4.79 Å². The number of ketones is 1. The van der Waals surface area contributed by atoms with Crippen LogP contribution < -0.4 is 4.74 Å². The Hall–Kier alpha value is -1.57. The summed E-state index contributed by atoms with van der Waals surface area (Å²) < 4.78 is 9.94. The zero-order chi connectivity index (χ0) is 12.5. The summed E-state index contributed by atoms with van der Waals surface area (Å²) in [5.41, 5.74) is -0.640. The van der Waals surface area contributed by atoms with Gasteiger partial charge in [0.1, 0.15) is 5.75 Å². The average Bonchev–Trinajstić information content (AvgIpc) is 2.28. The van der Waals surface area contributed by atoms with E-state index in [0.29, 0.717) is 16.3 Å². The molecule has 0 spiro atoms. The lowest BCUT2D eigenvalue weighted by Gasteiger charge is -2.33. The summed E-state index contributed by atoms with van der Waals surface area (Å²) in [6, 6.07) is 6.74. The minimum atomic E-state index is -1.04. The van der Waals surface area contributed by atoms with Crippen molar-refractivity contribution >= 4 is 17.4 Å². The van der Waals surface area contributed by atoms with Crippen LogP contribution in [-0.2, 0) is 4.74 Å². The maximum atomic E-state index is 12.1. The molecule has 0 aromatic heterocycles. The fourth-order valence-electron chi connectivity index (χ4n) is 1.64. The third-order valence-electron chi connectivity index (χ3n) is 2.76. The first kappa shape index (κ1) is 11.9. The van der Waals surface area contributed by atoms with E-state index in [4.69, 9.17) is 26.3 Å². The van der Waals surface area contributed by atoms with Crippen molar-refractivity contribution in [3.05, 3.63) is 28.8 Å². The van der Waals surface area contributed by atoms with Crippen LogP contribution in [0.5, 0.6) is 5.75 Å². The van der Waals surface area contributed by atoms with E-state index < -0.39 is 5.41 Å². The lowest BCUT2D eigenvalue weighted by molar-refractivity contribution is -0.0566. The van der Waals surface area contributed by atoms with Gasteiger partial charge < -0.3 is 9.47 Å². The van der Waals surface area contributed by atoms with Crippen LogP contribution in [0.3, 0.4) is 0 Å². The van der Waals surface area contributed by atoms with Crippen LogP contribution in [0.4, 0.5) is 0 Å². The van der Waals surface area contributed by atoms with E-state index in [0.717, 1.165) is 0 Å². The monoisotopic (exact) mass is 251 g/mol. The summed E-state index contributed by atoms with van der Waals surface area (Å²) in [5, 5.41) is 9.38. The van der Waals surface area contributed by atoms with Crippen molar-refractivity contribution in [2.75, 3.05) is 20.3 Å². The molecule has 0 aliphatic carbocycles. The number of carbonyl (C=O) groups excluding carboxylic acids is 1. The lowest BCUT2D eigenvalue weighted by Crippen LogP contribution is -2.47. The van der Waals surface area contributed by atoms with E-state index >= 15 is 0 Å². The van der Waals surface area contributed by atoms with Crippen LogP contribution in [-0.4, -0.2) is 26.1 Å². The van der Waals surface area contributed by atoms with Crippen LogP contribution in [0.2, 0.25) is 5.02 Å². The number of benzene rings is 1. The molecule has 1 aliphatic rings. The second-order valence-corrected chi connectivity index (χ2v) is 4.27. The third-order valence-corrected chi connectivity index (χ3v) is 3.05. The molecule has 0 unspecified atom stereocenters. The highest BCUT2D eigenvalue weighted by Crippen LogP contribution is 2.33. The van der Waals surface area contributed by atoms with Gasteiger partial charge in [0.05, 0.1) is 31.4 Å². The Bertz CT molecular complexity index is 503. The highest BCUT2D eigenvalue weighted by molar-refractivity contribution is 6.32.